The Morgan fingerprint density at radius 1 is 0.828 bits per heavy atom. The van der Waals surface area contributed by atoms with Gasteiger partial charge in [-0.15, -0.1) is 0 Å². The van der Waals surface area contributed by atoms with Crippen LogP contribution in [0.1, 0.15) is 64.6 Å². The Labute approximate surface area is 172 Å². The fourth-order valence-electron chi connectivity index (χ4n) is 2.98. The van der Waals surface area contributed by atoms with Crippen LogP contribution in [0, 0.1) is 20.4 Å². The van der Waals surface area contributed by atoms with Crippen LogP contribution in [0.3, 0.4) is 0 Å². The first-order chi connectivity index (χ1) is 13.4. The minimum absolute atomic E-state index is 0.215. The van der Waals surface area contributed by atoms with Gasteiger partial charge in [0.25, 0.3) is 0 Å². The number of benzene rings is 1. The smallest absolute Gasteiger partial charge is 0.190 e. The van der Waals surface area contributed by atoms with Gasteiger partial charge >= 0.3 is 0 Å². The molecule has 0 aliphatic heterocycles. The van der Waals surface area contributed by atoms with Crippen LogP contribution >= 0.6 is 0 Å². The first-order valence-corrected chi connectivity index (χ1v) is 9.72. The normalized spacial score (nSPS) is 12.1. The Morgan fingerprint density at radius 3 is 1.86 bits per heavy atom. The molecule has 2 heterocycles. The molecule has 3 aromatic rings. The van der Waals surface area contributed by atoms with E-state index in [-0.39, 0.29) is 10.8 Å². The minimum atomic E-state index is -0.215. The lowest BCUT2D eigenvalue weighted by molar-refractivity contribution is 0.497. The van der Waals surface area contributed by atoms with E-state index in [4.69, 9.17) is 21.5 Å². The van der Waals surface area contributed by atoms with E-state index in [1.54, 1.807) is 0 Å². The lowest BCUT2D eigenvalue weighted by Crippen LogP contribution is -2.24. The molecule has 0 unspecified atom stereocenters. The van der Waals surface area contributed by atoms with Crippen LogP contribution in [-0.4, -0.2) is 24.7 Å². The number of rotatable bonds is 2. The molecule has 0 N–H and O–H groups in total. The van der Waals surface area contributed by atoms with Gasteiger partial charge < -0.3 is 0 Å². The Balaban J connectivity index is 2.26. The minimum Gasteiger partial charge on any atom is -0.239 e. The van der Waals surface area contributed by atoms with E-state index in [1.807, 2.05) is 42.8 Å². The van der Waals surface area contributed by atoms with E-state index in [0.29, 0.717) is 11.5 Å². The Morgan fingerprint density at radius 2 is 1.41 bits per heavy atom. The fraction of sp³-hybridized carbons (Fsp3) is 0.435. The molecular formula is C23H28N6. The number of aromatic nitrogens is 5. The molecule has 0 amide bonds. The van der Waals surface area contributed by atoms with E-state index in [1.165, 1.54) is 0 Å². The number of hydrogen-bond acceptors (Lipinski definition) is 4. The third-order valence-electron chi connectivity index (χ3n) is 4.52. The molecular weight excluding hydrogens is 360 g/mol. The van der Waals surface area contributed by atoms with Gasteiger partial charge in [0.15, 0.2) is 11.5 Å². The highest BCUT2D eigenvalue weighted by Gasteiger charge is 2.25. The number of hydrogen-bond donors (Lipinski definition) is 0. The lowest BCUT2D eigenvalue weighted by atomic mass is 9.93. The molecule has 0 aliphatic carbocycles. The van der Waals surface area contributed by atoms with Crippen molar-refractivity contribution in [3.63, 3.8) is 0 Å². The van der Waals surface area contributed by atoms with Crippen molar-refractivity contribution in [2.24, 2.45) is 0 Å². The largest absolute Gasteiger partial charge is 0.239 e. The summed E-state index contributed by atoms with van der Waals surface area (Å²) in [7, 11) is 0. The summed E-state index contributed by atoms with van der Waals surface area (Å²) in [5.41, 5.74) is 3.66. The maximum Gasteiger partial charge on any atom is 0.190 e. The second kappa shape index (κ2) is 7.07. The standard InChI is InChI=1S/C23H28N6/c1-14-10-15(2)29(28-14)18-12-16(11-17(13-18)24-9)19-25-20(22(3,4)5)27-21(26-19)23(6,7)8/h10-13H,1-8H3. The maximum absolute atomic E-state index is 7.55. The summed E-state index contributed by atoms with van der Waals surface area (Å²) in [6, 6.07) is 7.67. The van der Waals surface area contributed by atoms with E-state index in [2.05, 4.69) is 51.5 Å². The summed E-state index contributed by atoms with van der Waals surface area (Å²) in [6.45, 7) is 24.1. The van der Waals surface area contributed by atoms with Crippen molar-refractivity contribution in [3.8, 4) is 17.1 Å². The molecule has 1 aromatic carbocycles. The number of nitrogens with zero attached hydrogens (tertiary/aromatic N) is 6. The van der Waals surface area contributed by atoms with Gasteiger partial charge in [-0.05, 0) is 38.1 Å². The Kier molecular flexibility index (Phi) is 5.04. The molecule has 0 radical (unpaired) electrons. The molecule has 6 nitrogen and oxygen atoms in total. The third-order valence-corrected chi connectivity index (χ3v) is 4.52. The molecule has 0 bridgehead atoms. The van der Waals surface area contributed by atoms with Crippen LogP contribution in [0.15, 0.2) is 24.3 Å². The first-order valence-electron chi connectivity index (χ1n) is 9.72. The number of aryl methyl sites for hydroxylation is 2. The summed E-state index contributed by atoms with van der Waals surface area (Å²) in [5, 5.41) is 4.56. The maximum atomic E-state index is 7.55. The third kappa shape index (κ3) is 4.34. The summed E-state index contributed by atoms with van der Waals surface area (Å²) in [4.78, 5) is 17.9. The van der Waals surface area contributed by atoms with E-state index >= 15 is 0 Å². The summed E-state index contributed by atoms with van der Waals surface area (Å²) in [5.74, 6) is 2.07. The van der Waals surface area contributed by atoms with Gasteiger partial charge in [0.05, 0.1) is 18.0 Å². The highest BCUT2D eigenvalue weighted by molar-refractivity contribution is 5.68. The second-order valence-electron chi connectivity index (χ2n) is 9.50. The molecule has 0 spiro atoms. The molecule has 0 atom stereocenters. The van der Waals surface area contributed by atoms with Crippen molar-refractivity contribution in [1.82, 2.24) is 24.7 Å². The Hall–Kier alpha value is -3.07. The van der Waals surface area contributed by atoms with Crippen molar-refractivity contribution in [1.29, 1.82) is 0 Å². The van der Waals surface area contributed by atoms with Gasteiger partial charge in [-0.3, -0.25) is 0 Å². The van der Waals surface area contributed by atoms with Crippen molar-refractivity contribution in [2.45, 2.75) is 66.2 Å². The van der Waals surface area contributed by atoms with Gasteiger partial charge in [-0.1, -0.05) is 41.5 Å². The highest BCUT2D eigenvalue weighted by atomic mass is 15.3. The van der Waals surface area contributed by atoms with Crippen LogP contribution < -0.4 is 0 Å². The predicted molar refractivity (Wildman–Crippen MR) is 116 cm³/mol. The van der Waals surface area contributed by atoms with Crippen molar-refractivity contribution in [3.05, 3.63) is 58.7 Å². The lowest BCUT2D eigenvalue weighted by Gasteiger charge is -2.23. The fourth-order valence-corrected chi connectivity index (χ4v) is 2.98. The van der Waals surface area contributed by atoms with Gasteiger partial charge in [-0.25, -0.2) is 24.5 Å². The molecule has 29 heavy (non-hydrogen) atoms. The molecule has 3 rings (SSSR count). The quantitative estimate of drug-likeness (QED) is 0.545. The topological polar surface area (TPSA) is 60.9 Å². The van der Waals surface area contributed by atoms with E-state index in [9.17, 15) is 0 Å². The summed E-state index contributed by atoms with van der Waals surface area (Å²) < 4.78 is 1.85. The van der Waals surface area contributed by atoms with Crippen LogP contribution in [0.2, 0.25) is 0 Å². The molecule has 0 fully saturated rings. The zero-order chi connectivity index (χ0) is 21.6. The van der Waals surface area contributed by atoms with Crippen LogP contribution in [-0.2, 0) is 10.8 Å². The summed E-state index contributed by atoms with van der Waals surface area (Å²) in [6.07, 6.45) is 0. The molecule has 150 valence electrons. The van der Waals surface area contributed by atoms with Crippen molar-refractivity contribution >= 4 is 5.69 Å². The first kappa shape index (κ1) is 20.7. The second-order valence-corrected chi connectivity index (χ2v) is 9.50. The highest BCUT2D eigenvalue weighted by Crippen LogP contribution is 2.30. The van der Waals surface area contributed by atoms with E-state index < -0.39 is 0 Å². The molecule has 0 saturated carbocycles. The predicted octanol–water partition coefficient (Wildman–Crippen LogP) is 5.49. The van der Waals surface area contributed by atoms with Gasteiger partial charge in [-0.2, -0.15) is 5.10 Å². The van der Waals surface area contributed by atoms with Gasteiger partial charge in [0.1, 0.15) is 11.6 Å². The average Bonchev–Trinajstić information content (AvgIpc) is 2.97. The van der Waals surface area contributed by atoms with Crippen molar-refractivity contribution < 1.29 is 0 Å². The molecule has 0 aliphatic rings. The average molecular weight is 389 g/mol. The molecule has 0 saturated heterocycles. The monoisotopic (exact) mass is 388 g/mol. The summed E-state index contributed by atoms with van der Waals surface area (Å²) >= 11 is 0. The van der Waals surface area contributed by atoms with E-state index in [0.717, 1.165) is 34.3 Å². The zero-order valence-corrected chi connectivity index (χ0v) is 18.5. The Bertz CT molecular complexity index is 1070. The zero-order valence-electron chi connectivity index (χ0n) is 18.5. The van der Waals surface area contributed by atoms with Crippen LogP contribution in [0.5, 0.6) is 0 Å². The van der Waals surface area contributed by atoms with Crippen molar-refractivity contribution in [2.75, 3.05) is 0 Å². The van der Waals surface area contributed by atoms with Gasteiger partial charge in [0, 0.05) is 22.1 Å². The van der Waals surface area contributed by atoms with Crippen LogP contribution in [0.25, 0.3) is 21.9 Å². The SMILES string of the molecule is [C-]#[N+]c1cc(-c2nc(C(C)(C)C)nc(C(C)(C)C)n2)cc(-n2nc(C)cc2C)c1. The van der Waals surface area contributed by atoms with Gasteiger partial charge in [0.2, 0.25) is 0 Å². The van der Waals surface area contributed by atoms with Crippen LogP contribution in [0.4, 0.5) is 5.69 Å². The molecule has 2 aromatic heterocycles. The molecule has 6 heteroatoms.